The molecule has 0 saturated carbocycles. The fraction of sp³-hybridized carbons (Fsp3) is 0.529. The molecule has 2 heterocycles. The number of rotatable bonds is 3. The molecule has 1 amide bonds. The summed E-state index contributed by atoms with van der Waals surface area (Å²) in [5, 5.41) is 3.15. The van der Waals surface area contributed by atoms with Crippen LogP contribution in [0.4, 0.5) is 0 Å². The standard InChI is InChI=1S/C17H25N3O/c1-12-14(20-10-8-7-9-13(20)18-12)15(21)19-17(5,6)11-16(2,3)4/h7-10H,11H2,1-6H3,(H,19,21). The molecule has 21 heavy (non-hydrogen) atoms. The average Bonchev–Trinajstić information content (AvgIpc) is 2.60. The van der Waals surface area contributed by atoms with Gasteiger partial charge in [0.15, 0.2) is 0 Å². The number of nitrogens with one attached hydrogen (secondary N) is 1. The van der Waals surface area contributed by atoms with Crippen LogP contribution >= 0.6 is 0 Å². The first-order valence-corrected chi connectivity index (χ1v) is 7.35. The quantitative estimate of drug-likeness (QED) is 0.937. The van der Waals surface area contributed by atoms with Gasteiger partial charge in [0.1, 0.15) is 11.3 Å². The highest BCUT2D eigenvalue weighted by Gasteiger charge is 2.29. The van der Waals surface area contributed by atoms with Crippen LogP contribution in [-0.2, 0) is 0 Å². The third-order valence-corrected chi connectivity index (χ3v) is 3.34. The molecule has 2 aromatic heterocycles. The normalized spacial score (nSPS) is 12.7. The second kappa shape index (κ2) is 5.17. The molecule has 4 nitrogen and oxygen atoms in total. The molecular formula is C17H25N3O. The second-order valence-electron chi connectivity index (χ2n) is 7.55. The Morgan fingerprint density at radius 1 is 1.24 bits per heavy atom. The van der Waals surface area contributed by atoms with Crippen molar-refractivity contribution in [3.63, 3.8) is 0 Å². The molecule has 0 bridgehead atoms. The van der Waals surface area contributed by atoms with Crippen LogP contribution in [0.3, 0.4) is 0 Å². The van der Waals surface area contributed by atoms with E-state index in [-0.39, 0.29) is 16.9 Å². The lowest BCUT2D eigenvalue weighted by molar-refractivity contribution is 0.0884. The van der Waals surface area contributed by atoms with E-state index in [1.165, 1.54) is 0 Å². The molecule has 2 rings (SSSR count). The minimum Gasteiger partial charge on any atom is -0.346 e. The Kier molecular flexibility index (Phi) is 3.83. The Morgan fingerprint density at radius 3 is 2.52 bits per heavy atom. The topological polar surface area (TPSA) is 46.4 Å². The maximum Gasteiger partial charge on any atom is 0.270 e. The molecule has 0 saturated heterocycles. The van der Waals surface area contributed by atoms with Crippen molar-refractivity contribution in [1.82, 2.24) is 14.7 Å². The van der Waals surface area contributed by atoms with Crippen molar-refractivity contribution in [3.8, 4) is 0 Å². The summed E-state index contributed by atoms with van der Waals surface area (Å²) in [5.74, 6) is -0.0690. The van der Waals surface area contributed by atoms with E-state index < -0.39 is 0 Å². The monoisotopic (exact) mass is 287 g/mol. The highest BCUT2D eigenvalue weighted by atomic mass is 16.2. The lowest BCUT2D eigenvalue weighted by Gasteiger charge is -2.33. The number of hydrogen-bond acceptors (Lipinski definition) is 2. The molecule has 0 aromatic carbocycles. The summed E-state index contributed by atoms with van der Waals surface area (Å²) in [6, 6.07) is 5.74. The number of fused-ring (bicyclic) bond motifs is 1. The van der Waals surface area contributed by atoms with Crippen molar-refractivity contribution < 1.29 is 4.79 Å². The van der Waals surface area contributed by atoms with Crippen molar-refractivity contribution in [2.24, 2.45) is 5.41 Å². The van der Waals surface area contributed by atoms with E-state index in [1.54, 1.807) is 0 Å². The Balaban J connectivity index is 2.29. The van der Waals surface area contributed by atoms with Gasteiger partial charge in [-0.15, -0.1) is 0 Å². The Bertz CT molecular complexity index is 662. The third kappa shape index (κ3) is 3.63. The van der Waals surface area contributed by atoms with Crippen LogP contribution in [0.2, 0.25) is 0 Å². The molecule has 0 radical (unpaired) electrons. The number of hydrogen-bond donors (Lipinski definition) is 1. The summed E-state index contributed by atoms with van der Waals surface area (Å²) in [6.45, 7) is 12.5. The maximum absolute atomic E-state index is 12.7. The molecule has 0 unspecified atom stereocenters. The van der Waals surface area contributed by atoms with Crippen LogP contribution in [0.1, 0.15) is 57.2 Å². The molecule has 0 aliphatic rings. The number of amides is 1. The summed E-state index contributed by atoms with van der Waals surface area (Å²) in [7, 11) is 0. The molecule has 4 heteroatoms. The molecule has 0 spiro atoms. The van der Waals surface area contributed by atoms with Gasteiger partial charge in [-0.25, -0.2) is 4.98 Å². The Morgan fingerprint density at radius 2 is 1.90 bits per heavy atom. The lowest BCUT2D eigenvalue weighted by Crippen LogP contribution is -2.46. The van der Waals surface area contributed by atoms with Crippen LogP contribution in [0.15, 0.2) is 24.4 Å². The zero-order valence-corrected chi connectivity index (χ0v) is 13.8. The molecule has 114 valence electrons. The van der Waals surface area contributed by atoms with E-state index >= 15 is 0 Å². The molecule has 0 fully saturated rings. The van der Waals surface area contributed by atoms with Gasteiger partial charge in [-0.3, -0.25) is 9.20 Å². The number of imidazole rings is 1. The van der Waals surface area contributed by atoms with Crippen molar-refractivity contribution in [3.05, 3.63) is 35.8 Å². The first-order valence-electron chi connectivity index (χ1n) is 7.35. The van der Waals surface area contributed by atoms with E-state index in [2.05, 4.69) is 44.9 Å². The molecule has 1 N–H and O–H groups in total. The number of aryl methyl sites for hydroxylation is 1. The lowest BCUT2D eigenvalue weighted by atomic mass is 9.82. The van der Waals surface area contributed by atoms with E-state index in [1.807, 2.05) is 35.7 Å². The van der Waals surface area contributed by atoms with Crippen molar-refractivity contribution in [1.29, 1.82) is 0 Å². The van der Waals surface area contributed by atoms with Gasteiger partial charge in [-0.2, -0.15) is 0 Å². The first kappa shape index (κ1) is 15.5. The van der Waals surface area contributed by atoms with Crippen LogP contribution in [0, 0.1) is 12.3 Å². The molecule has 0 aliphatic carbocycles. The van der Waals surface area contributed by atoms with Crippen LogP contribution in [-0.4, -0.2) is 20.8 Å². The SMILES string of the molecule is Cc1nc2ccccn2c1C(=O)NC(C)(C)CC(C)(C)C. The fourth-order valence-electron chi connectivity index (χ4n) is 3.12. The average molecular weight is 287 g/mol. The minimum atomic E-state index is -0.263. The van der Waals surface area contributed by atoms with E-state index in [9.17, 15) is 4.79 Å². The second-order valence-corrected chi connectivity index (χ2v) is 7.55. The summed E-state index contributed by atoms with van der Waals surface area (Å²) in [6.07, 6.45) is 2.78. The van der Waals surface area contributed by atoms with Gasteiger partial charge >= 0.3 is 0 Å². The van der Waals surface area contributed by atoms with Gasteiger partial charge < -0.3 is 5.32 Å². The van der Waals surface area contributed by atoms with Crippen molar-refractivity contribution in [2.45, 2.75) is 53.5 Å². The summed E-state index contributed by atoms with van der Waals surface area (Å²) in [5.41, 5.74) is 2.07. The largest absolute Gasteiger partial charge is 0.346 e. The highest BCUT2D eigenvalue weighted by Crippen LogP contribution is 2.27. The third-order valence-electron chi connectivity index (χ3n) is 3.34. The maximum atomic E-state index is 12.7. The summed E-state index contributed by atoms with van der Waals surface area (Å²) >= 11 is 0. The summed E-state index contributed by atoms with van der Waals surface area (Å²) < 4.78 is 1.85. The van der Waals surface area contributed by atoms with Crippen molar-refractivity contribution in [2.75, 3.05) is 0 Å². The number of pyridine rings is 1. The predicted octanol–water partition coefficient (Wildman–Crippen LogP) is 3.59. The minimum absolute atomic E-state index is 0.0690. The predicted molar refractivity (Wildman–Crippen MR) is 85.5 cm³/mol. The van der Waals surface area contributed by atoms with Gasteiger partial charge in [0, 0.05) is 11.7 Å². The van der Waals surface area contributed by atoms with Crippen molar-refractivity contribution >= 4 is 11.6 Å². The smallest absolute Gasteiger partial charge is 0.270 e. The number of aromatic nitrogens is 2. The van der Waals surface area contributed by atoms with Crippen LogP contribution in [0.5, 0.6) is 0 Å². The molecule has 2 aromatic rings. The van der Waals surface area contributed by atoms with Gasteiger partial charge in [-0.05, 0) is 44.7 Å². The fourth-order valence-corrected chi connectivity index (χ4v) is 3.12. The number of carbonyl (C=O) groups is 1. The Hall–Kier alpha value is -1.84. The number of nitrogens with zero attached hydrogens (tertiary/aromatic N) is 2. The zero-order valence-electron chi connectivity index (χ0n) is 13.8. The summed E-state index contributed by atoms with van der Waals surface area (Å²) in [4.78, 5) is 17.1. The molecular weight excluding hydrogens is 262 g/mol. The van der Waals surface area contributed by atoms with Gasteiger partial charge in [0.05, 0.1) is 5.69 Å². The van der Waals surface area contributed by atoms with Gasteiger partial charge in [-0.1, -0.05) is 26.8 Å². The number of carbonyl (C=O) groups excluding carboxylic acids is 1. The zero-order chi connectivity index (χ0) is 15.8. The molecule has 0 aliphatic heterocycles. The van der Waals surface area contributed by atoms with Gasteiger partial charge in [0.2, 0.25) is 0 Å². The van der Waals surface area contributed by atoms with Gasteiger partial charge in [0.25, 0.3) is 5.91 Å². The molecule has 0 atom stereocenters. The van der Waals surface area contributed by atoms with E-state index in [0.29, 0.717) is 5.69 Å². The van der Waals surface area contributed by atoms with E-state index in [4.69, 9.17) is 0 Å². The van der Waals surface area contributed by atoms with E-state index in [0.717, 1.165) is 17.8 Å². The first-order chi connectivity index (χ1) is 9.59. The van der Waals surface area contributed by atoms with Crippen LogP contribution in [0.25, 0.3) is 5.65 Å². The van der Waals surface area contributed by atoms with Crippen LogP contribution < -0.4 is 5.32 Å². The highest BCUT2D eigenvalue weighted by molar-refractivity contribution is 5.95. The Labute approximate surface area is 126 Å².